The summed E-state index contributed by atoms with van der Waals surface area (Å²) in [5.41, 5.74) is 6.13. The van der Waals surface area contributed by atoms with Gasteiger partial charge in [-0.05, 0) is 55.0 Å². The Balaban J connectivity index is 1.63. The second-order valence-corrected chi connectivity index (χ2v) is 6.28. The van der Waals surface area contributed by atoms with Crippen molar-refractivity contribution < 1.29 is 4.79 Å². The molecule has 0 aliphatic rings. The van der Waals surface area contributed by atoms with Gasteiger partial charge in [-0.25, -0.2) is 10.2 Å². The monoisotopic (exact) mass is 396 g/mol. The van der Waals surface area contributed by atoms with Gasteiger partial charge in [-0.15, -0.1) is 0 Å². The van der Waals surface area contributed by atoms with E-state index in [1.807, 2.05) is 78.4 Å². The van der Waals surface area contributed by atoms with Crippen LogP contribution in [0.2, 0.25) is 0 Å². The number of anilines is 1. The minimum atomic E-state index is -0.393. The van der Waals surface area contributed by atoms with Gasteiger partial charge >= 0.3 is 6.03 Å². The summed E-state index contributed by atoms with van der Waals surface area (Å²) < 4.78 is 2.99. The number of hydrogen-bond donors (Lipinski definition) is 2. The molecular formula is C19H17BrN4O. The number of hydrogen-bond acceptors (Lipinski definition) is 2. The van der Waals surface area contributed by atoms with Crippen molar-refractivity contribution in [3.63, 3.8) is 0 Å². The van der Waals surface area contributed by atoms with Gasteiger partial charge in [0.1, 0.15) is 0 Å². The molecule has 1 heterocycles. The van der Waals surface area contributed by atoms with E-state index in [1.54, 1.807) is 6.21 Å². The average Bonchev–Trinajstić information content (AvgIpc) is 3.07. The Morgan fingerprint density at radius 1 is 1.12 bits per heavy atom. The van der Waals surface area contributed by atoms with Crippen molar-refractivity contribution in [1.82, 2.24) is 9.99 Å². The number of carbonyl (C=O) groups is 1. The Kier molecular flexibility index (Phi) is 5.30. The van der Waals surface area contributed by atoms with Crippen LogP contribution in [0.1, 0.15) is 11.3 Å². The standard InChI is InChI=1S/C19H17BrN4O/c1-14-12-15(9-10-18(14)20)22-19(25)23-21-13-17-8-5-11-24(17)16-6-3-2-4-7-16/h2-13H,1H3,(H2,22,23,25)/b21-13+. The maximum absolute atomic E-state index is 11.9. The molecule has 0 saturated heterocycles. The van der Waals surface area contributed by atoms with Gasteiger partial charge in [0.2, 0.25) is 0 Å². The lowest BCUT2D eigenvalue weighted by molar-refractivity contribution is 0.252. The second kappa shape index (κ2) is 7.81. The first-order chi connectivity index (χ1) is 12.1. The summed E-state index contributed by atoms with van der Waals surface area (Å²) in [6, 6.07) is 19.0. The molecule has 0 aliphatic carbocycles. The van der Waals surface area contributed by atoms with Gasteiger partial charge in [-0.3, -0.25) is 0 Å². The molecule has 1 aromatic heterocycles. The molecule has 0 unspecified atom stereocenters. The fourth-order valence-electron chi connectivity index (χ4n) is 2.36. The van der Waals surface area contributed by atoms with Crippen LogP contribution in [0.4, 0.5) is 10.5 Å². The quantitative estimate of drug-likeness (QED) is 0.487. The number of nitrogens with one attached hydrogen (secondary N) is 2. The fraction of sp³-hybridized carbons (Fsp3) is 0.0526. The first kappa shape index (κ1) is 17.0. The summed E-state index contributed by atoms with van der Waals surface area (Å²) in [5, 5.41) is 6.76. The number of nitrogens with zero attached hydrogens (tertiary/aromatic N) is 2. The van der Waals surface area contributed by atoms with Crippen molar-refractivity contribution >= 4 is 33.9 Å². The topological polar surface area (TPSA) is 58.4 Å². The maximum atomic E-state index is 11.9. The first-order valence-electron chi connectivity index (χ1n) is 7.72. The van der Waals surface area contributed by atoms with Crippen LogP contribution in [0.3, 0.4) is 0 Å². The van der Waals surface area contributed by atoms with Crippen molar-refractivity contribution in [2.45, 2.75) is 6.92 Å². The lowest BCUT2D eigenvalue weighted by atomic mass is 10.2. The largest absolute Gasteiger partial charge is 0.339 e. The van der Waals surface area contributed by atoms with E-state index >= 15 is 0 Å². The van der Waals surface area contributed by atoms with E-state index in [1.165, 1.54) is 0 Å². The number of hydrazone groups is 1. The Hall–Kier alpha value is -2.86. The van der Waals surface area contributed by atoms with E-state index < -0.39 is 6.03 Å². The normalized spacial score (nSPS) is 10.8. The van der Waals surface area contributed by atoms with Crippen LogP contribution < -0.4 is 10.7 Å². The molecule has 0 bridgehead atoms. The molecule has 0 fully saturated rings. The second-order valence-electron chi connectivity index (χ2n) is 5.43. The van der Waals surface area contributed by atoms with E-state index in [9.17, 15) is 4.79 Å². The third-order valence-corrected chi connectivity index (χ3v) is 4.48. The van der Waals surface area contributed by atoms with Gasteiger partial charge in [-0.2, -0.15) is 5.10 Å². The number of para-hydroxylation sites is 1. The molecular weight excluding hydrogens is 380 g/mol. The highest BCUT2D eigenvalue weighted by Crippen LogP contribution is 2.19. The van der Waals surface area contributed by atoms with Crippen molar-refractivity contribution in [2.24, 2.45) is 5.10 Å². The van der Waals surface area contributed by atoms with E-state index in [4.69, 9.17) is 0 Å². The van der Waals surface area contributed by atoms with Crippen molar-refractivity contribution in [3.8, 4) is 5.69 Å². The van der Waals surface area contributed by atoms with Crippen LogP contribution in [0.25, 0.3) is 5.69 Å². The zero-order valence-electron chi connectivity index (χ0n) is 13.6. The summed E-state index contributed by atoms with van der Waals surface area (Å²) in [4.78, 5) is 11.9. The van der Waals surface area contributed by atoms with Crippen LogP contribution in [-0.2, 0) is 0 Å². The summed E-state index contributed by atoms with van der Waals surface area (Å²) in [6.45, 7) is 1.96. The molecule has 3 rings (SSSR count). The molecule has 0 atom stereocenters. The van der Waals surface area contributed by atoms with E-state index in [2.05, 4.69) is 31.8 Å². The summed E-state index contributed by atoms with van der Waals surface area (Å²) in [5.74, 6) is 0. The molecule has 2 amide bonds. The predicted octanol–water partition coefficient (Wildman–Crippen LogP) is 4.70. The maximum Gasteiger partial charge on any atom is 0.339 e. The third-order valence-electron chi connectivity index (χ3n) is 3.59. The number of urea groups is 1. The van der Waals surface area contributed by atoms with Gasteiger partial charge < -0.3 is 9.88 Å². The molecule has 0 aliphatic heterocycles. The molecule has 0 radical (unpaired) electrons. The van der Waals surface area contributed by atoms with E-state index in [0.29, 0.717) is 5.69 Å². The SMILES string of the molecule is Cc1cc(NC(=O)N/N=C/c2cccn2-c2ccccc2)ccc1Br. The van der Waals surface area contributed by atoms with Gasteiger partial charge in [0, 0.05) is 22.0 Å². The van der Waals surface area contributed by atoms with Gasteiger partial charge in [-0.1, -0.05) is 34.1 Å². The number of rotatable bonds is 4. The number of aryl methyl sites for hydroxylation is 1. The molecule has 6 heteroatoms. The van der Waals surface area contributed by atoms with Crippen molar-refractivity contribution in [2.75, 3.05) is 5.32 Å². The first-order valence-corrected chi connectivity index (χ1v) is 8.52. The zero-order chi connectivity index (χ0) is 17.6. The summed E-state index contributed by atoms with van der Waals surface area (Å²) >= 11 is 3.43. The molecule has 3 aromatic rings. The summed E-state index contributed by atoms with van der Waals surface area (Å²) in [7, 11) is 0. The molecule has 2 aromatic carbocycles. The number of carbonyl (C=O) groups excluding carboxylic acids is 1. The van der Waals surface area contributed by atoms with Crippen molar-refractivity contribution in [3.05, 3.63) is 82.6 Å². The Morgan fingerprint density at radius 3 is 2.68 bits per heavy atom. The van der Waals surface area contributed by atoms with Crippen molar-refractivity contribution in [1.29, 1.82) is 0 Å². The molecule has 5 nitrogen and oxygen atoms in total. The zero-order valence-corrected chi connectivity index (χ0v) is 15.2. The number of amides is 2. The summed E-state index contributed by atoms with van der Waals surface area (Å²) in [6.07, 6.45) is 3.56. The highest BCUT2D eigenvalue weighted by molar-refractivity contribution is 9.10. The van der Waals surface area contributed by atoms with Crippen LogP contribution in [-0.4, -0.2) is 16.8 Å². The van der Waals surface area contributed by atoms with Gasteiger partial charge in [0.25, 0.3) is 0 Å². The van der Waals surface area contributed by atoms with Crippen LogP contribution in [0.15, 0.2) is 76.4 Å². The lowest BCUT2D eigenvalue weighted by Gasteiger charge is -2.07. The molecule has 0 saturated carbocycles. The third kappa shape index (κ3) is 4.36. The highest BCUT2D eigenvalue weighted by atomic mass is 79.9. The average molecular weight is 397 g/mol. The van der Waals surface area contributed by atoms with Crippen LogP contribution in [0.5, 0.6) is 0 Å². The van der Waals surface area contributed by atoms with Gasteiger partial charge in [0.05, 0.1) is 11.9 Å². The Labute approximate surface area is 154 Å². The number of aromatic nitrogens is 1. The fourth-order valence-corrected chi connectivity index (χ4v) is 2.61. The van der Waals surface area contributed by atoms with E-state index in [-0.39, 0.29) is 0 Å². The molecule has 2 N–H and O–H groups in total. The minimum Gasteiger partial charge on any atom is -0.316 e. The molecule has 0 spiro atoms. The predicted molar refractivity (Wildman–Crippen MR) is 104 cm³/mol. The minimum absolute atomic E-state index is 0.393. The van der Waals surface area contributed by atoms with E-state index in [0.717, 1.165) is 21.4 Å². The molecule has 126 valence electrons. The smallest absolute Gasteiger partial charge is 0.316 e. The molecule has 25 heavy (non-hydrogen) atoms. The Morgan fingerprint density at radius 2 is 1.92 bits per heavy atom. The Bertz CT molecular complexity index is 903. The number of benzene rings is 2. The van der Waals surface area contributed by atoms with Gasteiger partial charge in [0.15, 0.2) is 0 Å². The highest BCUT2D eigenvalue weighted by Gasteiger charge is 2.03. The lowest BCUT2D eigenvalue weighted by Crippen LogP contribution is -2.24. The van der Waals surface area contributed by atoms with Crippen LogP contribution in [0, 0.1) is 6.92 Å². The van der Waals surface area contributed by atoms with Crippen LogP contribution >= 0.6 is 15.9 Å². The number of halogens is 1.